The van der Waals surface area contributed by atoms with Gasteiger partial charge in [0.25, 0.3) is 0 Å². The Kier molecular flexibility index (Phi) is 4.97. The van der Waals surface area contributed by atoms with Crippen LogP contribution in [0.1, 0.15) is 65.7 Å². The third-order valence-electron chi connectivity index (χ3n) is 10.9. The van der Waals surface area contributed by atoms with Gasteiger partial charge < -0.3 is 14.2 Å². The molecule has 0 amide bonds. The fraction of sp³-hybridized carbons (Fsp3) is 0.885. The molecule has 0 aromatic rings. The Hall–Kier alpha value is -1.80. The molecule has 1 saturated heterocycles. The van der Waals surface area contributed by atoms with E-state index in [1.54, 1.807) is 0 Å². The van der Waals surface area contributed by atoms with E-state index in [0.29, 0.717) is 30.1 Å². The smallest absolute Gasteiger partial charge is 0.404 e. The predicted octanol–water partition coefficient (Wildman–Crippen LogP) is 4.44. The zero-order valence-electron chi connectivity index (χ0n) is 20.3. The quantitative estimate of drug-likeness (QED) is 0.412. The van der Waals surface area contributed by atoms with E-state index in [2.05, 4.69) is 0 Å². The molecule has 0 radical (unpaired) electrons. The highest BCUT2D eigenvalue weighted by Gasteiger charge is 2.71. The molecule has 0 aromatic carbocycles. The number of ether oxygens (including phenoxy) is 3. The highest BCUT2D eigenvalue weighted by molar-refractivity contribution is 5.86. The van der Waals surface area contributed by atoms with Gasteiger partial charge in [-0.25, -0.2) is 0 Å². The van der Waals surface area contributed by atoms with Crippen LogP contribution in [0.5, 0.6) is 0 Å². The minimum atomic E-state index is -4.78. The number of carbonyl (C=O) groups excluding carboxylic acids is 3. The van der Waals surface area contributed by atoms with Crippen molar-refractivity contribution < 1.29 is 41.8 Å². The van der Waals surface area contributed by atoms with Gasteiger partial charge in [0.2, 0.25) is 0 Å². The summed E-state index contributed by atoms with van der Waals surface area (Å²) in [5, 5.41) is 0. The van der Waals surface area contributed by atoms with Crippen molar-refractivity contribution in [3.63, 3.8) is 0 Å². The van der Waals surface area contributed by atoms with Gasteiger partial charge in [0.15, 0.2) is 5.41 Å². The monoisotopic (exact) mass is 498 g/mol. The maximum atomic E-state index is 13.7. The zero-order chi connectivity index (χ0) is 25.1. The maximum Gasteiger partial charge on any atom is 0.404 e. The molecule has 6 aliphatic carbocycles. The molecule has 7 fully saturated rings. The second-order valence-corrected chi connectivity index (χ2v) is 12.5. The van der Waals surface area contributed by atoms with Crippen molar-refractivity contribution in [3.8, 4) is 0 Å². The van der Waals surface area contributed by atoms with E-state index in [9.17, 15) is 27.6 Å². The second-order valence-electron chi connectivity index (χ2n) is 12.5. The first kappa shape index (κ1) is 23.6. The molecule has 9 heteroatoms. The molecule has 6 bridgehead atoms. The SMILES string of the molecule is CCC(C)(C(=O)OC1C2CC3C1OC(=O)C3C2C(=O)OC1(C)C2CC3CC(C2)CC1C3)C(F)(F)F. The first-order valence-corrected chi connectivity index (χ1v) is 13.1. The van der Waals surface area contributed by atoms with E-state index in [-0.39, 0.29) is 5.92 Å². The molecule has 7 aliphatic rings. The summed E-state index contributed by atoms with van der Waals surface area (Å²) < 4.78 is 58.2. The number of hydrogen-bond donors (Lipinski definition) is 0. The number of fused-ring (bicyclic) bond motifs is 1. The minimum Gasteiger partial charge on any atom is -0.459 e. The fourth-order valence-electron chi connectivity index (χ4n) is 8.75. The summed E-state index contributed by atoms with van der Waals surface area (Å²) in [4.78, 5) is 39.1. The highest BCUT2D eigenvalue weighted by Crippen LogP contribution is 2.62. The maximum absolute atomic E-state index is 13.7. The van der Waals surface area contributed by atoms with Crippen LogP contribution in [0.25, 0.3) is 0 Å². The Balaban J connectivity index is 1.23. The summed E-state index contributed by atoms with van der Waals surface area (Å²) >= 11 is 0. The summed E-state index contributed by atoms with van der Waals surface area (Å²) in [7, 11) is 0. The minimum absolute atomic E-state index is 0.301. The van der Waals surface area contributed by atoms with Gasteiger partial charge in [-0.05, 0) is 82.5 Å². The van der Waals surface area contributed by atoms with Crippen LogP contribution in [0.3, 0.4) is 0 Å². The summed E-state index contributed by atoms with van der Waals surface area (Å²) in [6.07, 6.45) is -1.24. The van der Waals surface area contributed by atoms with Gasteiger partial charge in [-0.1, -0.05) is 6.92 Å². The third-order valence-corrected chi connectivity index (χ3v) is 10.9. The van der Waals surface area contributed by atoms with Gasteiger partial charge in [0, 0.05) is 11.8 Å². The van der Waals surface area contributed by atoms with E-state index in [1.165, 1.54) is 13.3 Å². The van der Waals surface area contributed by atoms with Gasteiger partial charge in [-0.3, -0.25) is 14.4 Å². The van der Waals surface area contributed by atoms with Crippen LogP contribution in [0, 0.1) is 52.8 Å². The van der Waals surface area contributed by atoms with Gasteiger partial charge in [-0.15, -0.1) is 0 Å². The van der Waals surface area contributed by atoms with Crippen LogP contribution in [0.15, 0.2) is 0 Å². The number of carbonyl (C=O) groups is 3. The lowest BCUT2D eigenvalue weighted by atomic mass is 9.50. The van der Waals surface area contributed by atoms with Gasteiger partial charge in [-0.2, -0.15) is 13.2 Å². The topological polar surface area (TPSA) is 78.9 Å². The Labute approximate surface area is 202 Å². The lowest BCUT2D eigenvalue weighted by Gasteiger charge is -2.59. The van der Waals surface area contributed by atoms with Crippen molar-refractivity contribution >= 4 is 17.9 Å². The van der Waals surface area contributed by atoms with Crippen LogP contribution in [-0.2, 0) is 28.6 Å². The molecule has 35 heavy (non-hydrogen) atoms. The summed E-state index contributed by atoms with van der Waals surface area (Å²) in [5.41, 5.74) is -3.25. The molecule has 0 aromatic heterocycles. The number of esters is 3. The molecule has 7 unspecified atom stereocenters. The third kappa shape index (κ3) is 3.11. The van der Waals surface area contributed by atoms with E-state index in [1.807, 2.05) is 6.92 Å². The van der Waals surface area contributed by atoms with Crippen molar-refractivity contribution in [2.75, 3.05) is 0 Å². The van der Waals surface area contributed by atoms with Crippen molar-refractivity contribution in [3.05, 3.63) is 0 Å². The normalized spacial score (nSPS) is 48.6. The summed E-state index contributed by atoms with van der Waals surface area (Å²) in [5.74, 6) is -2.84. The Morgan fingerprint density at radius 1 is 1.03 bits per heavy atom. The van der Waals surface area contributed by atoms with Crippen LogP contribution in [0.2, 0.25) is 0 Å². The lowest BCUT2D eigenvalue weighted by Crippen LogP contribution is -2.59. The van der Waals surface area contributed by atoms with Crippen LogP contribution < -0.4 is 0 Å². The molecule has 1 heterocycles. The molecular formula is C26H33F3O6. The molecule has 1 aliphatic heterocycles. The van der Waals surface area contributed by atoms with Gasteiger partial charge in [0.1, 0.15) is 17.8 Å². The van der Waals surface area contributed by atoms with Gasteiger partial charge >= 0.3 is 24.1 Å². The molecule has 7 atom stereocenters. The molecule has 194 valence electrons. The van der Waals surface area contributed by atoms with Crippen molar-refractivity contribution in [2.24, 2.45) is 52.8 Å². The molecule has 7 rings (SSSR count). The Morgan fingerprint density at radius 2 is 1.63 bits per heavy atom. The molecule has 6 saturated carbocycles. The van der Waals surface area contributed by atoms with E-state index >= 15 is 0 Å². The lowest BCUT2D eigenvalue weighted by molar-refractivity contribution is -0.237. The van der Waals surface area contributed by atoms with Crippen LogP contribution in [-0.4, -0.2) is 41.9 Å². The van der Waals surface area contributed by atoms with Gasteiger partial charge in [0.05, 0.1) is 11.8 Å². The van der Waals surface area contributed by atoms with Crippen LogP contribution >= 0.6 is 0 Å². The molecule has 0 spiro atoms. The molecule has 6 nitrogen and oxygen atoms in total. The first-order valence-electron chi connectivity index (χ1n) is 13.1. The van der Waals surface area contributed by atoms with Crippen molar-refractivity contribution in [2.45, 2.75) is 89.7 Å². The average molecular weight is 499 g/mol. The molecular weight excluding hydrogens is 465 g/mol. The predicted molar refractivity (Wildman–Crippen MR) is 114 cm³/mol. The van der Waals surface area contributed by atoms with Crippen molar-refractivity contribution in [1.29, 1.82) is 0 Å². The largest absolute Gasteiger partial charge is 0.459 e. The summed E-state index contributed by atoms with van der Waals surface area (Å²) in [6.45, 7) is 4.13. The summed E-state index contributed by atoms with van der Waals surface area (Å²) in [6, 6.07) is 0. The number of rotatable bonds is 5. The average Bonchev–Trinajstić information content (AvgIpc) is 3.39. The number of halogens is 3. The Morgan fingerprint density at radius 3 is 2.17 bits per heavy atom. The van der Waals surface area contributed by atoms with E-state index < -0.39 is 71.5 Å². The first-order chi connectivity index (χ1) is 16.4. The molecule has 0 N–H and O–H groups in total. The second kappa shape index (κ2) is 7.37. The van der Waals surface area contributed by atoms with E-state index in [0.717, 1.165) is 32.6 Å². The van der Waals surface area contributed by atoms with E-state index in [4.69, 9.17) is 14.2 Å². The highest BCUT2D eigenvalue weighted by atomic mass is 19.4. The number of hydrogen-bond acceptors (Lipinski definition) is 6. The number of alkyl halides is 3. The Bertz CT molecular complexity index is 933. The standard InChI is InChI=1S/C26H33F3O6/c1-4-24(2,26(27,28)29)23(32)34-20-16-10-15-17(21(30)33-19(15)20)18(16)22(31)35-25(3)13-6-11-5-12(8-13)9-14(25)7-11/h11-20H,4-10H2,1-3H3. The van der Waals surface area contributed by atoms with Crippen LogP contribution in [0.4, 0.5) is 13.2 Å². The zero-order valence-corrected chi connectivity index (χ0v) is 20.3. The van der Waals surface area contributed by atoms with Crippen molar-refractivity contribution in [1.82, 2.24) is 0 Å². The fourth-order valence-corrected chi connectivity index (χ4v) is 8.75.